The maximum Gasteiger partial charge on any atom is 0.258 e. The number of benzene rings is 1. The second-order valence-corrected chi connectivity index (χ2v) is 6.68. The summed E-state index contributed by atoms with van der Waals surface area (Å²) in [6.45, 7) is 2.49. The Balaban J connectivity index is 1.62. The molecule has 3 rings (SSSR count). The van der Waals surface area contributed by atoms with Gasteiger partial charge in [-0.2, -0.15) is 0 Å². The topological polar surface area (TPSA) is 60.5 Å². The van der Waals surface area contributed by atoms with Crippen LogP contribution in [0.1, 0.15) is 9.75 Å². The minimum absolute atomic E-state index is 0.0630. The third-order valence-electron chi connectivity index (χ3n) is 3.54. The highest BCUT2D eigenvalue weighted by atomic mass is 32.1. The van der Waals surface area contributed by atoms with E-state index in [9.17, 15) is 4.79 Å². The Morgan fingerprint density at radius 1 is 1.21 bits per heavy atom. The van der Waals surface area contributed by atoms with Gasteiger partial charge in [-0.1, -0.05) is 0 Å². The number of rotatable bonds is 6. The first-order valence-corrected chi connectivity index (χ1v) is 8.34. The van der Waals surface area contributed by atoms with Crippen LogP contribution in [0.3, 0.4) is 0 Å². The Morgan fingerprint density at radius 3 is 2.79 bits per heavy atom. The lowest BCUT2D eigenvalue weighted by atomic mass is 10.1. The van der Waals surface area contributed by atoms with Gasteiger partial charge in [0.05, 0.1) is 13.7 Å². The van der Waals surface area contributed by atoms with Crippen LogP contribution in [0.4, 0.5) is 0 Å². The van der Waals surface area contributed by atoms with E-state index < -0.39 is 0 Å². The highest BCUT2D eigenvalue weighted by molar-refractivity contribution is 7.11. The summed E-state index contributed by atoms with van der Waals surface area (Å²) in [4.78, 5) is 18.4. The maximum absolute atomic E-state index is 12.0. The third-order valence-corrected chi connectivity index (χ3v) is 4.54. The minimum atomic E-state index is -0.172. The fourth-order valence-corrected chi connectivity index (χ4v) is 3.16. The zero-order valence-corrected chi connectivity index (χ0v) is 14.4. The summed E-state index contributed by atoms with van der Waals surface area (Å²) in [6, 6.07) is 9.66. The molecule has 0 aliphatic heterocycles. The molecule has 1 amide bonds. The summed E-state index contributed by atoms with van der Waals surface area (Å²) < 4.78 is 11.0. The zero-order chi connectivity index (χ0) is 16.9. The first-order valence-electron chi connectivity index (χ1n) is 7.52. The fourth-order valence-electron chi connectivity index (χ4n) is 2.33. The van der Waals surface area contributed by atoms with Crippen molar-refractivity contribution < 1.29 is 14.3 Å². The van der Waals surface area contributed by atoms with Gasteiger partial charge in [-0.25, -0.2) is 0 Å². The molecule has 0 radical (unpaired) electrons. The standard InChI is InChI=1S/C18H18N2O3S/c1-12-3-4-15(24-12)10-20-18(21)11-23-17-8-14-9-19-6-5-13(14)7-16(17)22-2/h3-9H,10-11H2,1-2H3,(H,20,21). The van der Waals surface area contributed by atoms with Gasteiger partial charge in [-0.3, -0.25) is 9.78 Å². The molecular weight excluding hydrogens is 324 g/mol. The number of hydrogen-bond acceptors (Lipinski definition) is 5. The predicted octanol–water partition coefficient (Wildman–Crippen LogP) is 3.31. The average molecular weight is 342 g/mol. The number of thiophene rings is 1. The summed E-state index contributed by atoms with van der Waals surface area (Å²) in [5.74, 6) is 0.949. The molecule has 124 valence electrons. The maximum atomic E-state index is 12.0. The molecule has 2 aromatic heterocycles. The summed E-state index contributed by atoms with van der Waals surface area (Å²) in [5, 5.41) is 4.79. The fraction of sp³-hybridized carbons (Fsp3) is 0.222. The Hall–Kier alpha value is -2.60. The van der Waals surface area contributed by atoms with Gasteiger partial charge in [0.25, 0.3) is 5.91 Å². The third kappa shape index (κ3) is 3.83. The van der Waals surface area contributed by atoms with Crippen molar-refractivity contribution in [1.82, 2.24) is 10.3 Å². The van der Waals surface area contributed by atoms with Gasteiger partial charge in [0.15, 0.2) is 18.1 Å². The Bertz CT molecular complexity index is 860. The van der Waals surface area contributed by atoms with Crippen LogP contribution >= 0.6 is 11.3 Å². The number of carbonyl (C=O) groups excluding carboxylic acids is 1. The molecular formula is C18H18N2O3S. The number of nitrogens with zero attached hydrogens (tertiary/aromatic N) is 1. The molecule has 24 heavy (non-hydrogen) atoms. The number of ether oxygens (including phenoxy) is 2. The number of aromatic nitrogens is 1. The van der Waals surface area contributed by atoms with Crippen molar-refractivity contribution in [2.24, 2.45) is 0 Å². The first-order chi connectivity index (χ1) is 11.7. The molecule has 1 N–H and O–H groups in total. The molecule has 2 heterocycles. The summed E-state index contributed by atoms with van der Waals surface area (Å²) in [6.07, 6.45) is 3.48. The van der Waals surface area contributed by atoms with Crippen molar-refractivity contribution in [2.45, 2.75) is 13.5 Å². The lowest BCUT2D eigenvalue weighted by Crippen LogP contribution is -2.28. The van der Waals surface area contributed by atoms with Crippen LogP contribution in [-0.2, 0) is 11.3 Å². The molecule has 3 aromatic rings. The Labute approximate surface area is 144 Å². The van der Waals surface area contributed by atoms with Gasteiger partial charge in [0, 0.05) is 27.5 Å². The molecule has 0 fully saturated rings. The number of amides is 1. The van der Waals surface area contributed by atoms with E-state index in [1.807, 2.05) is 37.3 Å². The number of aryl methyl sites for hydroxylation is 1. The van der Waals surface area contributed by atoms with Crippen LogP contribution in [0.2, 0.25) is 0 Å². The summed E-state index contributed by atoms with van der Waals surface area (Å²) >= 11 is 1.67. The van der Waals surface area contributed by atoms with E-state index in [2.05, 4.69) is 10.3 Å². The lowest BCUT2D eigenvalue weighted by Gasteiger charge is -2.12. The van der Waals surface area contributed by atoms with Gasteiger partial charge in [-0.15, -0.1) is 11.3 Å². The SMILES string of the molecule is COc1cc2ccncc2cc1OCC(=O)NCc1ccc(C)s1. The second kappa shape index (κ2) is 7.31. The van der Waals surface area contributed by atoms with Crippen LogP contribution < -0.4 is 14.8 Å². The van der Waals surface area contributed by atoms with Crippen molar-refractivity contribution in [3.05, 3.63) is 52.5 Å². The number of pyridine rings is 1. The van der Waals surface area contributed by atoms with E-state index in [-0.39, 0.29) is 12.5 Å². The molecule has 0 aliphatic rings. The summed E-state index contributed by atoms with van der Waals surface area (Å²) in [7, 11) is 1.58. The molecule has 0 spiro atoms. The Kier molecular flexibility index (Phi) is 4.96. The molecule has 0 bridgehead atoms. The zero-order valence-electron chi connectivity index (χ0n) is 13.5. The van der Waals surface area contributed by atoms with Crippen molar-refractivity contribution in [2.75, 3.05) is 13.7 Å². The van der Waals surface area contributed by atoms with Crippen LogP contribution in [0, 0.1) is 6.92 Å². The number of fused-ring (bicyclic) bond motifs is 1. The normalized spacial score (nSPS) is 10.6. The molecule has 0 saturated carbocycles. The average Bonchev–Trinajstić information content (AvgIpc) is 3.02. The van der Waals surface area contributed by atoms with Crippen molar-refractivity contribution in [1.29, 1.82) is 0 Å². The highest BCUT2D eigenvalue weighted by Gasteiger charge is 2.10. The van der Waals surface area contributed by atoms with E-state index in [1.54, 1.807) is 30.8 Å². The molecule has 0 unspecified atom stereocenters. The minimum Gasteiger partial charge on any atom is -0.493 e. The first kappa shape index (κ1) is 16.3. The number of carbonyl (C=O) groups is 1. The van der Waals surface area contributed by atoms with Crippen molar-refractivity contribution in [3.63, 3.8) is 0 Å². The van der Waals surface area contributed by atoms with Crippen molar-refractivity contribution in [3.8, 4) is 11.5 Å². The smallest absolute Gasteiger partial charge is 0.258 e. The van der Waals surface area contributed by atoms with Gasteiger partial charge >= 0.3 is 0 Å². The van der Waals surface area contributed by atoms with Crippen LogP contribution in [0.15, 0.2) is 42.7 Å². The van der Waals surface area contributed by atoms with Gasteiger partial charge < -0.3 is 14.8 Å². The predicted molar refractivity (Wildman–Crippen MR) is 94.7 cm³/mol. The number of nitrogens with one attached hydrogen (secondary N) is 1. The van der Waals surface area contributed by atoms with E-state index in [4.69, 9.17) is 9.47 Å². The molecule has 6 heteroatoms. The molecule has 1 aromatic carbocycles. The number of methoxy groups -OCH3 is 1. The summed E-state index contributed by atoms with van der Waals surface area (Å²) in [5.41, 5.74) is 0. The van der Waals surface area contributed by atoms with Crippen molar-refractivity contribution >= 4 is 28.0 Å². The lowest BCUT2D eigenvalue weighted by molar-refractivity contribution is -0.123. The van der Waals surface area contributed by atoms with E-state index in [0.717, 1.165) is 15.6 Å². The van der Waals surface area contributed by atoms with Crippen LogP contribution in [-0.4, -0.2) is 24.6 Å². The van der Waals surface area contributed by atoms with E-state index in [0.29, 0.717) is 18.0 Å². The van der Waals surface area contributed by atoms with E-state index in [1.165, 1.54) is 4.88 Å². The van der Waals surface area contributed by atoms with E-state index >= 15 is 0 Å². The molecule has 0 atom stereocenters. The van der Waals surface area contributed by atoms with Crippen LogP contribution in [0.25, 0.3) is 10.8 Å². The van der Waals surface area contributed by atoms with Gasteiger partial charge in [0.2, 0.25) is 0 Å². The van der Waals surface area contributed by atoms with Gasteiger partial charge in [-0.05, 0) is 42.6 Å². The largest absolute Gasteiger partial charge is 0.493 e. The Morgan fingerprint density at radius 2 is 2.04 bits per heavy atom. The second-order valence-electron chi connectivity index (χ2n) is 5.30. The molecule has 0 saturated heterocycles. The monoisotopic (exact) mass is 342 g/mol. The quantitative estimate of drug-likeness (QED) is 0.747. The highest BCUT2D eigenvalue weighted by Crippen LogP contribution is 2.31. The van der Waals surface area contributed by atoms with Gasteiger partial charge in [0.1, 0.15) is 0 Å². The molecule has 0 aliphatic carbocycles. The molecule has 5 nitrogen and oxygen atoms in total. The number of hydrogen-bond donors (Lipinski definition) is 1. The van der Waals surface area contributed by atoms with Crippen LogP contribution in [0.5, 0.6) is 11.5 Å².